The van der Waals surface area contributed by atoms with Gasteiger partial charge in [0.05, 0.1) is 18.4 Å². The minimum absolute atomic E-state index is 0.354. The molecule has 0 bridgehead atoms. The number of anilines is 1. The van der Waals surface area contributed by atoms with E-state index in [1.165, 1.54) is 6.21 Å². The first-order valence-corrected chi connectivity index (χ1v) is 10.2. The summed E-state index contributed by atoms with van der Waals surface area (Å²) in [6.07, 6.45) is 1.37. The summed E-state index contributed by atoms with van der Waals surface area (Å²) in [7, 11) is 0. The molecule has 0 aliphatic heterocycles. The number of hydrazone groups is 1. The fourth-order valence-electron chi connectivity index (χ4n) is 2.77. The molecule has 8 heteroatoms. The number of nitrogens with one attached hydrogen (secondary N) is 2. The number of nitrogens with zero attached hydrogens (tertiary/aromatic N) is 1. The Hall–Kier alpha value is -4.46. The fraction of sp³-hybridized carbons (Fsp3) is 0.120. The number of benzene rings is 3. The van der Waals surface area contributed by atoms with E-state index in [2.05, 4.69) is 15.8 Å². The summed E-state index contributed by atoms with van der Waals surface area (Å²) in [6.45, 7) is 4.31. The van der Waals surface area contributed by atoms with Gasteiger partial charge in [-0.05, 0) is 85.6 Å². The lowest BCUT2D eigenvalue weighted by atomic mass is 10.2. The summed E-state index contributed by atoms with van der Waals surface area (Å²) in [4.78, 5) is 36.1. The number of hydrogen-bond donors (Lipinski definition) is 2. The summed E-state index contributed by atoms with van der Waals surface area (Å²) in [6, 6.07) is 20.3. The van der Waals surface area contributed by atoms with E-state index in [1.54, 1.807) is 66.7 Å². The van der Waals surface area contributed by atoms with Crippen molar-refractivity contribution in [2.75, 3.05) is 11.9 Å². The van der Waals surface area contributed by atoms with Gasteiger partial charge in [-0.15, -0.1) is 0 Å². The minimum atomic E-state index is -0.895. The maximum atomic E-state index is 12.3. The zero-order chi connectivity index (χ0) is 23.6. The molecule has 3 aromatic carbocycles. The smallest absolute Gasteiger partial charge is 0.343 e. The van der Waals surface area contributed by atoms with Crippen LogP contribution in [0, 0.1) is 6.92 Å². The van der Waals surface area contributed by atoms with Crippen molar-refractivity contribution in [3.8, 4) is 11.5 Å². The van der Waals surface area contributed by atoms with Gasteiger partial charge in [0.15, 0.2) is 0 Å². The van der Waals surface area contributed by atoms with Crippen molar-refractivity contribution >= 4 is 29.7 Å². The number of esters is 1. The summed E-state index contributed by atoms with van der Waals surface area (Å²) >= 11 is 0. The van der Waals surface area contributed by atoms with Crippen molar-refractivity contribution in [3.63, 3.8) is 0 Å². The van der Waals surface area contributed by atoms with E-state index in [-0.39, 0.29) is 0 Å². The van der Waals surface area contributed by atoms with Crippen molar-refractivity contribution in [2.45, 2.75) is 13.8 Å². The molecule has 0 aliphatic carbocycles. The van der Waals surface area contributed by atoms with Crippen LogP contribution in [-0.4, -0.2) is 30.6 Å². The lowest BCUT2D eigenvalue weighted by molar-refractivity contribution is -0.136. The van der Waals surface area contributed by atoms with E-state index in [4.69, 9.17) is 9.47 Å². The Bertz CT molecular complexity index is 1160. The standard InChI is InChI=1S/C25H23N3O5/c1-3-32-21-13-9-19(10-14-21)25(31)33-22-11-7-18(8-12-22)16-26-28-24(30)23(29)27-20-6-4-5-17(2)15-20/h4-16H,3H2,1-2H3,(H,27,29)(H,28,30)/b26-16-. The Morgan fingerprint density at radius 1 is 0.909 bits per heavy atom. The molecule has 3 aromatic rings. The molecule has 33 heavy (non-hydrogen) atoms. The Morgan fingerprint density at radius 2 is 1.61 bits per heavy atom. The number of aryl methyl sites for hydroxylation is 1. The predicted octanol–water partition coefficient (Wildman–Crippen LogP) is 3.70. The molecule has 0 saturated heterocycles. The van der Waals surface area contributed by atoms with E-state index in [0.29, 0.717) is 34.9 Å². The first-order valence-electron chi connectivity index (χ1n) is 10.2. The average Bonchev–Trinajstić information content (AvgIpc) is 2.81. The number of carbonyl (C=O) groups is 3. The van der Waals surface area contributed by atoms with Gasteiger partial charge in [-0.1, -0.05) is 12.1 Å². The molecular formula is C25H23N3O5. The molecule has 0 aromatic heterocycles. The molecule has 0 fully saturated rings. The third-order valence-electron chi connectivity index (χ3n) is 4.35. The van der Waals surface area contributed by atoms with Crippen molar-refractivity contribution < 1.29 is 23.9 Å². The molecule has 8 nitrogen and oxygen atoms in total. The number of amides is 2. The average molecular weight is 445 g/mol. The maximum Gasteiger partial charge on any atom is 0.343 e. The van der Waals surface area contributed by atoms with Crippen LogP contribution in [0.5, 0.6) is 11.5 Å². The molecule has 0 aliphatic rings. The van der Waals surface area contributed by atoms with Crippen LogP contribution in [0.4, 0.5) is 5.69 Å². The lowest BCUT2D eigenvalue weighted by Crippen LogP contribution is -2.32. The number of rotatable bonds is 7. The molecule has 0 atom stereocenters. The van der Waals surface area contributed by atoms with Crippen LogP contribution in [-0.2, 0) is 9.59 Å². The SMILES string of the molecule is CCOc1ccc(C(=O)Oc2ccc(/C=N\NC(=O)C(=O)Nc3cccc(C)c3)cc2)cc1. The quantitative estimate of drug-likeness (QED) is 0.190. The Kier molecular flexibility index (Phi) is 7.91. The van der Waals surface area contributed by atoms with Gasteiger partial charge in [0, 0.05) is 5.69 Å². The lowest BCUT2D eigenvalue weighted by Gasteiger charge is -2.06. The molecule has 3 rings (SSSR count). The molecule has 0 heterocycles. The molecule has 2 amide bonds. The highest BCUT2D eigenvalue weighted by Gasteiger charge is 2.13. The van der Waals surface area contributed by atoms with Crippen LogP contribution >= 0.6 is 0 Å². The van der Waals surface area contributed by atoms with Crippen LogP contribution < -0.4 is 20.2 Å². The van der Waals surface area contributed by atoms with Crippen LogP contribution in [0.3, 0.4) is 0 Å². The first-order chi connectivity index (χ1) is 15.9. The van der Waals surface area contributed by atoms with E-state index >= 15 is 0 Å². The highest BCUT2D eigenvalue weighted by Crippen LogP contribution is 2.16. The highest BCUT2D eigenvalue weighted by molar-refractivity contribution is 6.39. The molecule has 168 valence electrons. The zero-order valence-electron chi connectivity index (χ0n) is 18.2. The molecule has 0 unspecified atom stereocenters. The van der Waals surface area contributed by atoms with Crippen molar-refractivity contribution in [3.05, 3.63) is 89.5 Å². The largest absolute Gasteiger partial charge is 0.494 e. The van der Waals surface area contributed by atoms with Gasteiger partial charge >= 0.3 is 17.8 Å². The Balaban J connectivity index is 1.49. The van der Waals surface area contributed by atoms with Crippen molar-refractivity contribution in [2.24, 2.45) is 5.10 Å². The Labute approximate surface area is 191 Å². The summed E-state index contributed by atoms with van der Waals surface area (Å²) in [5.74, 6) is -1.18. The van der Waals surface area contributed by atoms with Gasteiger partial charge in [0.25, 0.3) is 0 Å². The minimum Gasteiger partial charge on any atom is -0.494 e. The van der Waals surface area contributed by atoms with Gasteiger partial charge < -0.3 is 14.8 Å². The second-order valence-electron chi connectivity index (χ2n) is 6.94. The summed E-state index contributed by atoms with van der Waals surface area (Å²) < 4.78 is 10.7. The number of carbonyl (C=O) groups excluding carboxylic acids is 3. The summed E-state index contributed by atoms with van der Waals surface area (Å²) in [5, 5.41) is 6.28. The molecule has 0 spiro atoms. The number of hydrogen-bond acceptors (Lipinski definition) is 6. The first kappa shape index (κ1) is 23.2. The van der Waals surface area contributed by atoms with Gasteiger partial charge in [0.2, 0.25) is 0 Å². The van der Waals surface area contributed by atoms with Crippen LogP contribution in [0.25, 0.3) is 0 Å². The van der Waals surface area contributed by atoms with E-state index in [9.17, 15) is 14.4 Å². The maximum absolute atomic E-state index is 12.3. The second kappa shape index (κ2) is 11.2. The van der Waals surface area contributed by atoms with E-state index in [0.717, 1.165) is 5.56 Å². The zero-order valence-corrected chi connectivity index (χ0v) is 18.2. The highest BCUT2D eigenvalue weighted by atomic mass is 16.5. The van der Waals surface area contributed by atoms with Gasteiger partial charge in [-0.25, -0.2) is 10.2 Å². The van der Waals surface area contributed by atoms with E-state index < -0.39 is 17.8 Å². The van der Waals surface area contributed by atoms with Crippen molar-refractivity contribution in [1.82, 2.24) is 5.43 Å². The van der Waals surface area contributed by atoms with Gasteiger partial charge in [-0.3, -0.25) is 9.59 Å². The fourth-order valence-corrected chi connectivity index (χ4v) is 2.77. The molecular weight excluding hydrogens is 422 g/mol. The Morgan fingerprint density at radius 3 is 2.27 bits per heavy atom. The van der Waals surface area contributed by atoms with Crippen LogP contribution in [0.1, 0.15) is 28.4 Å². The van der Waals surface area contributed by atoms with Gasteiger partial charge in [-0.2, -0.15) is 5.10 Å². The molecule has 0 saturated carbocycles. The normalized spacial score (nSPS) is 10.5. The number of ether oxygens (including phenoxy) is 2. The topological polar surface area (TPSA) is 106 Å². The van der Waals surface area contributed by atoms with Crippen LogP contribution in [0.15, 0.2) is 77.9 Å². The monoisotopic (exact) mass is 445 g/mol. The molecule has 0 radical (unpaired) electrons. The third kappa shape index (κ3) is 7.03. The van der Waals surface area contributed by atoms with Crippen LogP contribution in [0.2, 0.25) is 0 Å². The predicted molar refractivity (Wildman–Crippen MR) is 125 cm³/mol. The molecule has 2 N–H and O–H groups in total. The van der Waals surface area contributed by atoms with Gasteiger partial charge in [0.1, 0.15) is 11.5 Å². The third-order valence-corrected chi connectivity index (χ3v) is 4.35. The summed E-state index contributed by atoms with van der Waals surface area (Å²) in [5.41, 5.74) is 4.68. The second-order valence-corrected chi connectivity index (χ2v) is 6.94. The van der Waals surface area contributed by atoms with Crippen molar-refractivity contribution in [1.29, 1.82) is 0 Å². The van der Waals surface area contributed by atoms with E-state index in [1.807, 2.05) is 19.9 Å².